The van der Waals surface area contributed by atoms with Crippen molar-refractivity contribution in [3.05, 3.63) is 34.2 Å². The van der Waals surface area contributed by atoms with E-state index in [-0.39, 0.29) is 0 Å². The van der Waals surface area contributed by atoms with Crippen LogP contribution in [-0.4, -0.2) is 10.9 Å². The van der Waals surface area contributed by atoms with Crippen LogP contribution in [0.15, 0.2) is 23.7 Å². The second-order valence-corrected chi connectivity index (χ2v) is 6.78. The molecule has 5 nitrogen and oxygen atoms in total. The minimum Gasteiger partial charge on any atom is -0.383 e. The topological polar surface area (TPSA) is 106 Å². The third-order valence-corrected chi connectivity index (χ3v) is 5.49. The number of aryl methyl sites for hydroxylation is 1. The molecule has 0 radical (unpaired) electrons. The van der Waals surface area contributed by atoms with Gasteiger partial charge in [-0.1, -0.05) is 0 Å². The number of amides is 1. The van der Waals surface area contributed by atoms with Gasteiger partial charge in [-0.25, -0.2) is 4.98 Å². The van der Waals surface area contributed by atoms with Crippen LogP contribution in [0, 0.1) is 11.3 Å². The molecule has 0 aliphatic carbocycles. The first-order valence-corrected chi connectivity index (χ1v) is 8.22. The van der Waals surface area contributed by atoms with Gasteiger partial charge in [0.1, 0.15) is 5.82 Å². The number of carbonyl (C=O) groups is 1. The number of anilines is 1. The molecule has 0 fully saturated rings. The van der Waals surface area contributed by atoms with Gasteiger partial charge in [-0.3, -0.25) is 4.79 Å². The summed E-state index contributed by atoms with van der Waals surface area (Å²) in [6.07, 6.45) is 2.68. The van der Waals surface area contributed by atoms with Crippen LogP contribution < -0.4 is 11.5 Å². The maximum Gasteiger partial charge on any atom is 0.251 e. The quantitative estimate of drug-likeness (QED) is 0.767. The van der Waals surface area contributed by atoms with Crippen molar-refractivity contribution in [2.24, 2.45) is 5.73 Å². The molecule has 0 bridgehead atoms. The van der Waals surface area contributed by atoms with E-state index in [1.807, 2.05) is 11.4 Å². The zero-order valence-corrected chi connectivity index (χ0v) is 13.1. The van der Waals surface area contributed by atoms with E-state index in [0.29, 0.717) is 17.8 Å². The zero-order valence-electron chi connectivity index (χ0n) is 11.5. The summed E-state index contributed by atoms with van der Waals surface area (Å²) in [5, 5.41) is 11.4. The SMILES string of the molecule is N#CCCc1cc(-c2cc3c(N)ncc(C(N)=O)c3s2)cs1. The summed E-state index contributed by atoms with van der Waals surface area (Å²) in [6.45, 7) is 0. The number of nitriles is 1. The highest BCUT2D eigenvalue weighted by Gasteiger charge is 2.15. The Morgan fingerprint density at radius 2 is 2.23 bits per heavy atom. The number of nitrogens with two attached hydrogens (primary N) is 2. The van der Waals surface area contributed by atoms with Crippen molar-refractivity contribution >= 4 is 44.5 Å². The summed E-state index contributed by atoms with van der Waals surface area (Å²) in [7, 11) is 0. The van der Waals surface area contributed by atoms with Crippen LogP contribution in [-0.2, 0) is 6.42 Å². The number of nitrogens with zero attached hydrogens (tertiary/aromatic N) is 2. The van der Waals surface area contributed by atoms with E-state index < -0.39 is 5.91 Å². The molecule has 3 aromatic rings. The summed E-state index contributed by atoms with van der Waals surface area (Å²) in [4.78, 5) is 17.7. The molecule has 0 aliphatic rings. The Morgan fingerprint density at radius 3 is 2.95 bits per heavy atom. The number of pyridine rings is 1. The lowest BCUT2D eigenvalue weighted by molar-refractivity contribution is 0.100. The van der Waals surface area contributed by atoms with Crippen LogP contribution in [0.5, 0.6) is 0 Å². The van der Waals surface area contributed by atoms with E-state index in [2.05, 4.69) is 17.1 Å². The lowest BCUT2D eigenvalue weighted by Crippen LogP contribution is -2.11. The Labute approximate surface area is 134 Å². The molecule has 0 spiro atoms. The Kier molecular flexibility index (Phi) is 3.79. The molecule has 22 heavy (non-hydrogen) atoms. The number of nitrogen functional groups attached to an aromatic ring is 1. The third kappa shape index (κ3) is 2.54. The van der Waals surface area contributed by atoms with Crippen molar-refractivity contribution in [1.29, 1.82) is 5.26 Å². The fraction of sp³-hybridized carbons (Fsp3) is 0.133. The number of carbonyl (C=O) groups excluding carboxylic acids is 1. The van der Waals surface area contributed by atoms with Crippen LogP contribution in [0.2, 0.25) is 0 Å². The number of thiophene rings is 2. The smallest absolute Gasteiger partial charge is 0.251 e. The molecular formula is C15H12N4OS2. The van der Waals surface area contributed by atoms with Crippen molar-refractivity contribution in [2.75, 3.05) is 5.73 Å². The van der Waals surface area contributed by atoms with Gasteiger partial charge in [0.25, 0.3) is 5.91 Å². The van der Waals surface area contributed by atoms with Crippen LogP contribution in [0.25, 0.3) is 20.5 Å². The van der Waals surface area contributed by atoms with Gasteiger partial charge in [0, 0.05) is 33.3 Å². The van der Waals surface area contributed by atoms with Crippen LogP contribution in [0.3, 0.4) is 0 Å². The standard InChI is InChI=1S/C15H12N4OS2/c16-3-1-2-9-4-8(7-21-9)12-5-10-13(22-12)11(15(18)20)6-19-14(10)17/h4-7H,1-2H2,(H2,17,19)(H2,18,20). The molecule has 0 atom stereocenters. The Morgan fingerprint density at radius 1 is 1.41 bits per heavy atom. The third-order valence-electron chi connectivity index (χ3n) is 3.27. The van der Waals surface area contributed by atoms with Gasteiger partial charge in [0.2, 0.25) is 0 Å². The number of fused-ring (bicyclic) bond motifs is 1. The first kappa shape index (κ1) is 14.5. The first-order chi connectivity index (χ1) is 10.6. The molecule has 0 saturated heterocycles. The van der Waals surface area contributed by atoms with Crippen molar-refractivity contribution in [2.45, 2.75) is 12.8 Å². The summed E-state index contributed by atoms with van der Waals surface area (Å²) in [6, 6.07) is 6.15. The molecule has 110 valence electrons. The van der Waals surface area contributed by atoms with E-state index in [1.165, 1.54) is 17.5 Å². The number of rotatable bonds is 4. The second-order valence-electron chi connectivity index (χ2n) is 4.73. The number of hydrogen-bond acceptors (Lipinski definition) is 6. The fourth-order valence-electron chi connectivity index (χ4n) is 2.18. The number of primary amides is 1. The van der Waals surface area contributed by atoms with Gasteiger partial charge in [-0.2, -0.15) is 5.26 Å². The van der Waals surface area contributed by atoms with Crippen molar-refractivity contribution in [3.63, 3.8) is 0 Å². The number of hydrogen-bond donors (Lipinski definition) is 2. The van der Waals surface area contributed by atoms with Gasteiger partial charge >= 0.3 is 0 Å². The molecule has 0 unspecified atom stereocenters. The van der Waals surface area contributed by atoms with E-state index in [9.17, 15) is 4.79 Å². The highest BCUT2D eigenvalue weighted by molar-refractivity contribution is 7.23. The van der Waals surface area contributed by atoms with Gasteiger partial charge in [-0.05, 0) is 23.9 Å². The monoisotopic (exact) mass is 328 g/mol. The Hall–Kier alpha value is -2.43. The average molecular weight is 328 g/mol. The van der Waals surface area contributed by atoms with E-state index in [4.69, 9.17) is 16.7 Å². The van der Waals surface area contributed by atoms with E-state index in [1.54, 1.807) is 11.3 Å². The molecule has 0 aromatic carbocycles. The minimum atomic E-state index is -0.508. The maximum absolute atomic E-state index is 11.5. The summed E-state index contributed by atoms with van der Waals surface area (Å²) >= 11 is 3.10. The largest absolute Gasteiger partial charge is 0.383 e. The average Bonchev–Trinajstić information content (AvgIpc) is 3.12. The van der Waals surface area contributed by atoms with Gasteiger partial charge in [0.15, 0.2) is 0 Å². The van der Waals surface area contributed by atoms with Crippen LogP contribution in [0.1, 0.15) is 21.7 Å². The molecule has 4 N–H and O–H groups in total. The summed E-state index contributed by atoms with van der Waals surface area (Å²) < 4.78 is 0.764. The molecule has 0 aliphatic heterocycles. The van der Waals surface area contributed by atoms with Gasteiger partial charge in [-0.15, -0.1) is 22.7 Å². The normalized spacial score (nSPS) is 10.7. The van der Waals surface area contributed by atoms with E-state index in [0.717, 1.165) is 31.8 Å². The highest BCUT2D eigenvalue weighted by atomic mass is 32.1. The van der Waals surface area contributed by atoms with Crippen molar-refractivity contribution in [3.8, 4) is 16.5 Å². The van der Waals surface area contributed by atoms with Crippen LogP contribution >= 0.6 is 22.7 Å². The molecule has 0 saturated carbocycles. The number of aromatic nitrogens is 1. The van der Waals surface area contributed by atoms with Gasteiger partial charge < -0.3 is 11.5 Å². The molecule has 7 heteroatoms. The molecule has 3 aromatic heterocycles. The Bertz CT molecular complexity index is 904. The van der Waals surface area contributed by atoms with Gasteiger partial charge in [0.05, 0.1) is 16.3 Å². The first-order valence-electron chi connectivity index (χ1n) is 6.52. The lowest BCUT2D eigenvalue weighted by atomic mass is 10.2. The summed E-state index contributed by atoms with van der Waals surface area (Å²) in [5.74, 6) is -0.117. The molecular weight excluding hydrogens is 316 g/mol. The molecule has 1 amide bonds. The highest BCUT2D eigenvalue weighted by Crippen LogP contribution is 2.38. The predicted molar refractivity (Wildman–Crippen MR) is 89.8 cm³/mol. The fourth-order valence-corrected chi connectivity index (χ4v) is 4.31. The molecule has 3 rings (SSSR count). The second kappa shape index (κ2) is 5.75. The minimum absolute atomic E-state index is 0.389. The van der Waals surface area contributed by atoms with Crippen molar-refractivity contribution in [1.82, 2.24) is 4.98 Å². The maximum atomic E-state index is 11.5. The lowest BCUT2D eigenvalue weighted by Gasteiger charge is -1.99. The zero-order chi connectivity index (χ0) is 15.7. The van der Waals surface area contributed by atoms with E-state index >= 15 is 0 Å². The predicted octanol–water partition coefficient (Wildman–Crippen LogP) is 3.16. The summed E-state index contributed by atoms with van der Waals surface area (Å²) in [5.41, 5.74) is 12.7. The Balaban J connectivity index is 2.07. The molecule has 3 heterocycles. The van der Waals surface area contributed by atoms with Crippen molar-refractivity contribution < 1.29 is 4.79 Å². The van der Waals surface area contributed by atoms with Crippen LogP contribution in [0.4, 0.5) is 5.82 Å².